The van der Waals surface area contributed by atoms with Crippen LogP contribution in [0.3, 0.4) is 0 Å². The van der Waals surface area contributed by atoms with Gasteiger partial charge < -0.3 is 24.1 Å². The third-order valence-corrected chi connectivity index (χ3v) is 5.77. The fourth-order valence-corrected chi connectivity index (χ4v) is 4.05. The van der Waals surface area contributed by atoms with Crippen molar-refractivity contribution in [1.29, 1.82) is 0 Å². The summed E-state index contributed by atoms with van der Waals surface area (Å²) in [5.41, 5.74) is 0.546. The van der Waals surface area contributed by atoms with Crippen LogP contribution in [0.25, 0.3) is 0 Å². The average Bonchev–Trinajstić information content (AvgIpc) is 3.41. The van der Waals surface area contributed by atoms with Gasteiger partial charge in [0.15, 0.2) is 16.7 Å². The number of carbonyl (C=O) groups is 1. The average molecular weight is 390 g/mol. The highest BCUT2D eigenvalue weighted by molar-refractivity contribution is 7.99. The first kappa shape index (κ1) is 18.1. The van der Waals surface area contributed by atoms with Crippen LogP contribution in [0.1, 0.15) is 29.0 Å². The lowest BCUT2D eigenvalue weighted by molar-refractivity contribution is 0.0953. The van der Waals surface area contributed by atoms with E-state index in [1.54, 1.807) is 30.0 Å². The Balaban J connectivity index is 1.27. The Bertz CT molecular complexity index is 820. The van der Waals surface area contributed by atoms with Gasteiger partial charge in [0.2, 0.25) is 6.79 Å². The molecular formula is C18H22N4O4S. The number of fused-ring (bicyclic) bond motifs is 1. The van der Waals surface area contributed by atoms with Crippen LogP contribution in [-0.4, -0.2) is 52.5 Å². The lowest BCUT2D eigenvalue weighted by Gasteiger charge is -2.09. The zero-order valence-electron chi connectivity index (χ0n) is 15.1. The molecule has 0 unspecified atom stereocenters. The van der Waals surface area contributed by atoms with Crippen LogP contribution < -0.4 is 14.8 Å². The highest BCUT2D eigenvalue weighted by Gasteiger charge is 2.18. The molecule has 9 heteroatoms. The summed E-state index contributed by atoms with van der Waals surface area (Å²) in [4.78, 5) is 12.3. The number of carbonyl (C=O) groups excluding carboxylic acids is 1. The first-order valence-corrected chi connectivity index (χ1v) is 10.00. The van der Waals surface area contributed by atoms with Gasteiger partial charge in [0.25, 0.3) is 5.91 Å². The molecule has 0 radical (unpaired) electrons. The third kappa shape index (κ3) is 4.19. The number of amides is 1. The Morgan fingerprint density at radius 2 is 2.22 bits per heavy atom. The summed E-state index contributed by atoms with van der Waals surface area (Å²) in [6.45, 7) is 1.54. The number of ether oxygens (including phenoxy) is 3. The van der Waals surface area contributed by atoms with Crippen molar-refractivity contribution in [1.82, 2.24) is 20.1 Å². The minimum atomic E-state index is -0.150. The molecule has 2 aliphatic heterocycles. The summed E-state index contributed by atoms with van der Waals surface area (Å²) in [5, 5.41) is 12.3. The highest BCUT2D eigenvalue weighted by Crippen LogP contribution is 2.32. The maximum Gasteiger partial charge on any atom is 0.251 e. The predicted molar refractivity (Wildman–Crippen MR) is 99.3 cm³/mol. The lowest BCUT2D eigenvalue weighted by Crippen LogP contribution is -2.26. The zero-order chi connectivity index (χ0) is 18.6. The molecule has 2 aromatic rings. The van der Waals surface area contributed by atoms with Crippen LogP contribution in [0, 0.1) is 0 Å². The minimum absolute atomic E-state index is 0.150. The number of nitrogens with one attached hydrogen (secondary N) is 1. The number of rotatable bonds is 7. The molecule has 144 valence electrons. The number of hydrogen-bond donors (Lipinski definition) is 1. The van der Waals surface area contributed by atoms with Gasteiger partial charge in [-0.2, -0.15) is 0 Å². The van der Waals surface area contributed by atoms with Gasteiger partial charge in [-0.1, -0.05) is 11.8 Å². The van der Waals surface area contributed by atoms with Crippen molar-refractivity contribution in [3.8, 4) is 11.5 Å². The number of benzene rings is 1. The van der Waals surface area contributed by atoms with Gasteiger partial charge in [-0.3, -0.25) is 4.79 Å². The van der Waals surface area contributed by atoms with Crippen molar-refractivity contribution in [3.63, 3.8) is 0 Å². The second-order valence-electron chi connectivity index (χ2n) is 6.48. The number of hydrogen-bond acceptors (Lipinski definition) is 7. The molecule has 0 bridgehead atoms. The normalized spacial score (nSPS) is 18.0. The van der Waals surface area contributed by atoms with Gasteiger partial charge in [0.05, 0.1) is 6.10 Å². The molecule has 8 nitrogen and oxygen atoms in total. The number of nitrogens with zero attached hydrogens (tertiary/aromatic N) is 3. The van der Waals surface area contributed by atoms with Crippen molar-refractivity contribution in [2.75, 3.05) is 25.7 Å². The van der Waals surface area contributed by atoms with E-state index in [0.717, 1.165) is 36.2 Å². The third-order valence-electron chi connectivity index (χ3n) is 4.62. The van der Waals surface area contributed by atoms with E-state index in [1.165, 1.54) is 0 Å². The van der Waals surface area contributed by atoms with Crippen LogP contribution >= 0.6 is 11.8 Å². The van der Waals surface area contributed by atoms with Gasteiger partial charge in [-0.15, -0.1) is 10.2 Å². The molecular weight excluding hydrogens is 368 g/mol. The maximum absolute atomic E-state index is 12.3. The molecule has 0 aliphatic carbocycles. The van der Waals surface area contributed by atoms with Crippen molar-refractivity contribution in [2.45, 2.75) is 30.5 Å². The Labute approximate surface area is 161 Å². The first-order chi connectivity index (χ1) is 13.2. The Morgan fingerprint density at radius 1 is 1.33 bits per heavy atom. The molecule has 0 saturated carbocycles. The first-order valence-electron chi connectivity index (χ1n) is 9.01. The van der Waals surface area contributed by atoms with Crippen molar-refractivity contribution >= 4 is 17.7 Å². The quantitative estimate of drug-likeness (QED) is 0.721. The topological polar surface area (TPSA) is 87.5 Å². The van der Waals surface area contributed by atoms with E-state index in [0.29, 0.717) is 36.1 Å². The van der Waals surface area contributed by atoms with Crippen LogP contribution in [-0.2, 0) is 18.2 Å². The van der Waals surface area contributed by atoms with Crippen LogP contribution in [0.2, 0.25) is 0 Å². The smallest absolute Gasteiger partial charge is 0.251 e. The van der Waals surface area contributed by atoms with Crippen molar-refractivity contribution in [2.24, 2.45) is 7.05 Å². The van der Waals surface area contributed by atoms with Crippen LogP contribution in [0.4, 0.5) is 0 Å². The van der Waals surface area contributed by atoms with E-state index in [1.807, 2.05) is 11.6 Å². The Morgan fingerprint density at radius 3 is 3.07 bits per heavy atom. The van der Waals surface area contributed by atoms with E-state index in [2.05, 4.69) is 15.5 Å². The molecule has 2 aliphatic rings. The highest BCUT2D eigenvalue weighted by atomic mass is 32.2. The summed E-state index contributed by atoms with van der Waals surface area (Å²) in [6, 6.07) is 5.17. The molecule has 27 heavy (non-hydrogen) atoms. The van der Waals surface area contributed by atoms with E-state index in [9.17, 15) is 4.79 Å². The van der Waals surface area contributed by atoms with Gasteiger partial charge in [0.1, 0.15) is 5.82 Å². The van der Waals surface area contributed by atoms with Crippen molar-refractivity contribution in [3.05, 3.63) is 29.6 Å². The van der Waals surface area contributed by atoms with E-state index in [4.69, 9.17) is 14.2 Å². The molecule has 1 aromatic carbocycles. The molecule has 0 spiro atoms. The largest absolute Gasteiger partial charge is 0.454 e. The van der Waals surface area contributed by atoms with Gasteiger partial charge in [0, 0.05) is 37.9 Å². The second kappa shape index (κ2) is 8.18. The Hall–Kier alpha value is -2.26. The second-order valence-corrected chi connectivity index (χ2v) is 7.46. The van der Waals surface area contributed by atoms with Crippen molar-refractivity contribution < 1.29 is 19.0 Å². The molecule has 1 amide bonds. The van der Waals surface area contributed by atoms with E-state index in [-0.39, 0.29) is 12.7 Å². The summed E-state index contributed by atoms with van der Waals surface area (Å²) in [6.07, 6.45) is 3.18. The SMILES string of the molecule is Cn1c(CCNC(=O)c2ccc3c(c2)OCO3)nnc1SC[C@@H]1CCCO1. The summed E-state index contributed by atoms with van der Waals surface area (Å²) < 4.78 is 18.2. The Kier molecular flexibility index (Phi) is 5.49. The predicted octanol–water partition coefficient (Wildman–Crippen LogP) is 1.79. The van der Waals surface area contributed by atoms with Gasteiger partial charge in [-0.25, -0.2) is 0 Å². The van der Waals surface area contributed by atoms with E-state index >= 15 is 0 Å². The molecule has 3 heterocycles. The van der Waals surface area contributed by atoms with E-state index < -0.39 is 0 Å². The zero-order valence-corrected chi connectivity index (χ0v) is 16.0. The fourth-order valence-electron chi connectivity index (χ4n) is 3.06. The number of thioether (sulfide) groups is 1. The van der Waals surface area contributed by atoms with Gasteiger partial charge in [-0.05, 0) is 31.0 Å². The molecule has 1 aromatic heterocycles. The molecule has 1 N–H and O–H groups in total. The molecule has 1 saturated heterocycles. The fraction of sp³-hybridized carbons (Fsp3) is 0.500. The van der Waals surface area contributed by atoms with Gasteiger partial charge >= 0.3 is 0 Å². The maximum atomic E-state index is 12.3. The van der Waals surface area contributed by atoms with Crippen LogP contribution in [0.15, 0.2) is 23.4 Å². The van der Waals surface area contributed by atoms with Crippen LogP contribution in [0.5, 0.6) is 11.5 Å². The minimum Gasteiger partial charge on any atom is -0.454 e. The summed E-state index contributed by atoms with van der Waals surface area (Å²) in [7, 11) is 1.95. The standard InChI is InChI=1S/C18H22N4O4S/c1-22-16(20-21-18(22)27-10-13-3-2-8-24-13)6-7-19-17(23)12-4-5-14-15(9-12)26-11-25-14/h4-5,9,13H,2-3,6-8,10-11H2,1H3,(H,19,23)/t13-/m0/s1. The molecule has 1 fully saturated rings. The summed E-state index contributed by atoms with van der Waals surface area (Å²) in [5.74, 6) is 2.86. The summed E-state index contributed by atoms with van der Waals surface area (Å²) >= 11 is 1.66. The molecule has 4 rings (SSSR count). The molecule has 1 atom stereocenters. The monoisotopic (exact) mass is 390 g/mol. The lowest BCUT2D eigenvalue weighted by atomic mass is 10.2. The number of aromatic nitrogens is 3.